The monoisotopic (exact) mass is 140 g/mol. The predicted molar refractivity (Wildman–Crippen MR) is 41.8 cm³/mol. The molecule has 0 aromatic carbocycles. The van der Waals surface area contributed by atoms with E-state index in [1.807, 2.05) is 0 Å². The van der Waals surface area contributed by atoms with Gasteiger partial charge in [0.1, 0.15) is 5.82 Å². The largest absolute Gasteiger partial charge is 0.382 e. The van der Waals surface area contributed by atoms with Crippen LogP contribution in [0.5, 0.6) is 0 Å². The Morgan fingerprint density at radius 1 is 1.80 bits per heavy atom. The fourth-order valence-electron chi connectivity index (χ4n) is 0.697. The molecule has 1 aromatic heterocycles. The van der Waals surface area contributed by atoms with Crippen LogP contribution in [0.4, 0.5) is 11.5 Å². The van der Waals surface area contributed by atoms with Gasteiger partial charge in [-0.1, -0.05) is 6.92 Å². The molecular weight excluding hydrogens is 128 g/mol. The Balaban J connectivity index is 2.49. The number of hydrogen-bond acceptors (Lipinski definition) is 3. The van der Waals surface area contributed by atoms with Crippen LogP contribution >= 0.6 is 0 Å². The molecule has 0 aliphatic heterocycles. The second-order valence-electron chi connectivity index (χ2n) is 2.12. The molecule has 0 spiro atoms. The summed E-state index contributed by atoms with van der Waals surface area (Å²) in [7, 11) is 0. The van der Waals surface area contributed by atoms with Gasteiger partial charge in [0.2, 0.25) is 0 Å². The van der Waals surface area contributed by atoms with Gasteiger partial charge in [-0.25, -0.2) is 0 Å². The van der Waals surface area contributed by atoms with Gasteiger partial charge >= 0.3 is 0 Å². The maximum absolute atomic E-state index is 5.50. The van der Waals surface area contributed by atoms with E-state index in [9.17, 15) is 0 Å². The summed E-state index contributed by atoms with van der Waals surface area (Å²) in [5, 5.41) is 9.53. The van der Waals surface area contributed by atoms with Crippen molar-refractivity contribution in [2.45, 2.75) is 13.3 Å². The van der Waals surface area contributed by atoms with Crippen molar-refractivity contribution < 1.29 is 0 Å². The van der Waals surface area contributed by atoms with Crippen LogP contribution in [0, 0.1) is 0 Å². The van der Waals surface area contributed by atoms with Crippen molar-refractivity contribution in [2.75, 3.05) is 17.6 Å². The third-order valence-corrected chi connectivity index (χ3v) is 1.23. The summed E-state index contributed by atoms with van der Waals surface area (Å²) in [6.45, 7) is 3.03. The van der Waals surface area contributed by atoms with Gasteiger partial charge in [-0.05, 0) is 6.42 Å². The van der Waals surface area contributed by atoms with Crippen LogP contribution in [0.2, 0.25) is 0 Å². The first-order valence-electron chi connectivity index (χ1n) is 3.37. The average Bonchev–Trinajstić information content (AvgIpc) is 2.31. The number of hydrogen-bond donors (Lipinski definition) is 3. The molecule has 4 heteroatoms. The molecule has 10 heavy (non-hydrogen) atoms. The van der Waals surface area contributed by atoms with Gasteiger partial charge in [0.05, 0.1) is 11.9 Å². The van der Waals surface area contributed by atoms with E-state index in [4.69, 9.17) is 5.73 Å². The van der Waals surface area contributed by atoms with E-state index < -0.39 is 0 Å². The highest BCUT2D eigenvalue weighted by Gasteiger charge is 1.96. The van der Waals surface area contributed by atoms with Gasteiger partial charge in [-0.15, -0.1) is 0 Å². The van der Waals surface area contributed by atoms with Gasteiger partial charge in [0.15, 0.2) is 0 Å². The summed E-state index contributed by atoms with van der Waals surface area (Å²) in [6.07, 6.45) is 2.77. The third-order valence-electron chi connectivity index (χ3n) is 1.23. The highest BCUT2D eigenvalue weighted by molar-refractivity contribution is 5.59. The van der Waals surface area contributed by atoms with Crippen LogP contribution in [0.1, 0.15) is 13.3 Å². The normalized spacial score (nSPS) is 9.70. The van der Waals surface area contributed by atoms with E-state index in [1.54, 1.807) is 6.20 Å². The van der Waals surface area contributed by atoms with Gasteiger partial charge in [-0.2, -0.15) is 5.10 Å². The van der Waals surface area contributed by atoms with Crippen LogP contribution in [0.3, 0.4) is 0 Å². The zero-order valence-electron chi connectivity index (χ0n) is 6.02. The number of anilines is 2. The molecule has 0 fully saturated rings. The zero-order chi connectivity index (χ0) is 7.40. The summed E-state index contributed by atoms with van der Waals surface area (Å²) in [5.74, 6) is 0.605. The zero-order valence-corrected chi connectivity index (χ0v) is 6.02. The number of H-pyrrole nitrogens is 1. The molecule has 1 rings (SSSR count). The molecule has 0 radical (unpaired) electrons. The van der Waals surface area contributed by atoms with Crippen molar-refractivity contribution in [3.8, 4) is 0 Å². The first-order chi connectivity index (χ1) is 4.84. The van der Waals surface area contributed by atoms with Crippen LogP contribution in [0.25, 0.3) is 0 Å². The molecule has 0 saturated carbocycles. The third kappa shape index (κ3) is 1.40. The van der Waals surface area contributed by atoms with Crippen molar-refractivity contribution in [1.29, 1.82) is 0 Å². The Labute approximate surface area is 59.8 Å². The Bertz CT molecular complexity index is 193. The van der Waals surface area contributed by atoms with E-state index in [-0.39, 0.29) is 0 Å². The highest BCUT2D eigenvalue weighted by Crippen LogP contribution is 2.11. The number of rotatable bonds is 3. The van der Waals surface area contributed by atoms with E-state index in [2.05, 4.69) is 22.4 Å². The molecule has 0 aliphatic carbocycles. The van der Waals surface area contributed by atoms with Crippen LogP contribution in [0.15, 0.2) is 6.20 Å². The fraction of sp³-hybridized carbons (Fsp3) is 0.500. The Morgan fingerprint density at radius 3 is 3.10 bits per heavy atom. The molecule has 0 unspecified atom stereocenters. The molecule has 1 heterocycles. The quantitative estimate of drug-likeness (QED) is 0.582. The molecule has 56 valence electrons. The highest BCUT2D eigenvalue weighted by atomic mass is 15.2. The molecule has 4 N–H and O–H groups in total. The minimum absolute atomic E-state index is 0.605. The number of nitrogens with one attached hydrogen (secondary N) is 2. The SMILES string of the molecule is CCCNc1cn[nH]c1N. The van der Waals surface area contributed by atoms with E-state index >= 15 is 0 Å². The summed E-state index contributed by atoms with van der Waals surface area (Å²) < 4.78 is 0. The van der Waals surface area contributed by atoms with Crippen LogP contribution in [-0.2, 0) is 0 Å². The molecule has 0 bridgehead atoms. The Morgan fingerprint density at radius 2 is 2.60 bits per heavy atom. The summed E-state index contributed by atoms with van der Waals surface area (Å²) in [6, 6.07) is 0. The lowest BCUT2D eigenvalue weighted by Crippen LogP contribution is -2.00. The first kappa shape index (κ1) is 6.92. The van der Waals surface area contributed by atoms with E-state index in [1.165, 1.54) is 0 Å². The molecule has 1 aromatic rings. The lowest BCUT2D eigenvalue weighted by Gasteiger charge is -1.99. The van der Waals surface area contributed by atoms with Gasteiger partial charge in [0, 0.05) is 6.54 Å². The van der Waals surface area contributed by atoms with Crippen molar-refractivity contribution in [3.63, 3.8) is 0 Å². The summed E-state index contributed by atoms with van der Waals surface area (Å²) >= 11 is 0. The molecule has 0 aliphatic rings. The second-order valence-corrected chi connectivity index (χ2v) is 2.12. The van der Waals surface area contributed by atoms with E-state index in [0.717, 1.165) is 18.7 Å². The number of aromatic amines is 1. The number of nitrogens with zero attached hydrogens (tertiary/aromatic N) is 1. The Kier molecular flexibility index (Phi) is 2.15. The Hall–Kier alpha value is -1.19. The predicted octanol–water partition coefficient (Wildman–Crippen LogP) is 0.814. The first-order valence-corrected chi connectivity index (χ1v) is 3.37. The van der Waals surface area contributed by atoms with Crippen LogP contribution in [-0.4, -0.2) is 16.7 Å². The number of nitrogens with two attached hydrogens (primary N) is 1. The number of aromatic nitrogens is 2. The standard InChI is InChI=1S/C6H12N4/c1-2-3-8-5-4-9-10-6(5)7/h4,8H,2-3H2,1H3,(H3,7,9,10). The molecule has 0 amide bonds. The maximum atomic E-state index is 5.50. The lowest BCUT2D eigenvalue weighted by atomic mass is 10.4. The lowest BCUT2D eigenvalue weighted by molar-refractivity contribution is 0.980. The molecule has 0 atom stereocenters. The fourth-order valence-corrected chi connectivity index (χ4v) is 0.697. The van der Waals surface area contributed by atoms with Gasteiger partial charge in [-0.3, -0.25) is 5.10 Å². The average molecular weight is 140 g/mol. The summed E-state index contributed by atoms with van der Waals surface area (Å²) in [5.41, 5.74) is 6.39. The van der Waals surface area contributed by atoms with Gasteiger partial charge < -0.3 is 11.1 Å². The van der Waals surface area contributed by atoms with Crippen molar-refractivity contribution in [3.05, 3.63) is 6.20 Å². The molecular formula is C6H12N4. The van der Waals surface area contributed by atoms with E-state index in [0.29, 0.717) is 5.82 Å². The number of nitrogen functional groups attached to an aromatic ring is 1. The van der Waals surface area contributed by atoms with Crippen LogP contribution < -0.4 is 11.1 Å². The van der Waals surface area contributed by atoms with Crippen molar-refractivity contribution in [1.82, 2.24) is 10.2 Å². The smallest absolute Gasteiger partial charge is 0.142 e. The topological polar surface area (TPSA) is 66.7 Å². The van der Waals surface area contributed by atoms with Crippen molar-refractivity contribution >= 4 is 11.5 Å². The summed E-state index contributed by atoms with van der Waals surface area (Å²) in [4.78, 5) is 0. The minimum atomic E-state index is 0.605. The van der Waals surface area contributed by atoms with Crippen molar-refractivity contribution in [2.24, 2.45) is 0 Å². The maximum Gasteiger partial charge on any atom is 0.142 e. The van der Waals surface area contributed by atoms with Gasteiger partial charge in [0.25, 0.3) is 0 Å². The molecule has 4 nitrogen and oxygen atoms in total. The second kappa shape index (κ2) is 3.10. The molecule has 0 saturated heterocycles. The minimum Gasteiger partial charge on any atom is -0.382 e.